The van der Waals surface area contributed by atoms with Gasteiger partial charge in [-0.3, -0.25) is 4.68 Å². The zero-order valence-corrected chi connectivity index (χ0v) is 8.04. The van der Waals surface area contributed by atoms with Gasteiger partial charge < -0.3 is 10.8 Å². The fraction of sp³-hybridized carbons (Fsp3) is 0.429. The molecule has 0 aliphatic heterocycles. The Hall–Kier alpha value is -1.73. The zero-order valence-electron chi connectivity index (χ0n) is 8.04. The molecule has 0 fully saturated rings. The molecule has 0 aliphatic carbocycles. The number of aliphatic carboxylic acids is 1. The van der Waals surface area contributed by atoms with Crippen LogP contribution in [0.2, 0.25) is 0 Å². The summed E-state index contributed by atoms with van der Waals surface area (Å²) < 4.78 is 33.5. The first-order chi connectivity index (χ1) is 6.64. The van der Waals surface area contributed by atoms with Gasteiger partial charge in [0.15, 0.2) is 0 Å². The van der Waals surface area contributed by atoms with Crippen molar-refractivity contribution in [2.45, 2.75) is 13.1 Å². The van der Waals surface area contributed by atoms with Crippen molar-refractivity contribution < 1.29 is 23.1 Å². The highest BCUT2D eigenvalue weighted by atomic mass is 19.4. The lowest BCUT2D eigenvalue weighted by Gasteiger charge is -1.93. The van der Waals surface area contributed by atoms with Crippen molar-refractivity contribution in [1.82, 2.24) is 9.78 Å². The third-order valence-corrected chi connectivity index (χ3v) is 1.38. The molecular formula is C7H10F3N3O2. The first-order valence-corrected chi connectivity index (χ1v) is 3.71. The molecule has 0 saturated heterocycles. The Kier molecular flexibility index (Phi) is 4.13. The van der Waals surface area contributed by atoms with Gasteiger partial charge in [0.05, 0.1) is 0 Å². The number of hydrogen-bond acceptors (Lipinski definition) is 3. The number of nitrogen functional groups attached to an aromatic ring is 1. The number of nitrogens with zero attached hydrogens (tertiary/aromatic N) is 2. The number of hydrogen-bond donors (Lipinski definition) is 2. The molecule has 1 aromatic heterocycles. The number of aryl methyl sites for hydroxylation is 2. The second kappa shape index (κ2) is 4.67. The molecule has 0 unspecified atom stereocenters. The normalized spacial score (nSPS) is 10.5. The maximum absolute atomic E-state index is 10.6. The lowest BCUT2D eigenvalue weighted by Crippen LogP contribution is -2.21. The lowest BCUT2D eigenvalue weighted by molar-refractivity contribution is -0.192. The molecule has 0 spiro atoms. The van der Waals surface area contributed by atoms with Crippen LogP contribution >= 0.6 is 0 Å². The van der Waals surface area contributed by atoms with Crippen LogP contribution in [0.4, 0.5) is 19.0 Å². The fourth-order valence-corrected chi connectivity index (χ4v) is 0.588. The van der Waals surface area contributed by atoms with Crippen molar-refractivity contribution in [1.29, 1.82) is 0 Å². The van der Waals surface area contributed by atoms with E-state index in [9.17, 15) is 13.2 Å². The van der Waals surface area contributed by atoms with Crippen LogP contribution in [0.1, 0.15) is 5.69 Å². The number of nitrogens with two attached hydrogens (primary N) is 1. The minimum Gasteiger partial charge on any atom is -0.475 e. The van der Waals surface area contributed by atoms with Gasteiger partial charge in [-0.15, -0.1) is 0 Å². The molecule has 5 nitrogen and oxygen atoms in total. The van der Waals surface area contributed by atoms with Crippen LogP contribution in [0.3, 0.4) is 0 Å². The second-order valence-electron chi connectivity index (χ2n) is 2.64. The number of aromatic nitrogens is 2. The van der Waals surface area contributed by atoms with Gasteiger partial charge >= 0.3 is 12.1 Å². The molecule has 1 rings (SSSR count). The van der Waals surface area contributed by atoms with Crippen molar-refractivity contribution in [2.75, 3.05) is 5.73 Å². The van der Waals surface area contributed by atoms with Gasteiger partial charge in [0.1, 0.15) is 5.82 Å². The van der Waals surface area contributed by atoms with E-state index in [-0.39, 0.29) is 0 Å². The highest BCUT2D eigenvalue weighted by Crippen LogP contribution is 2.13. The summed E-state index contributed by atoms with van der Waals surface area (Å²) in [4.78, 5) is 8.90. The molecule has 0 atom stereocenters. The number of rotatable bonds is 0. The molecule has 0 aromatic carbocycles. The minimum absolute atomic E-state index is 0.588. The Morgan fingerprint density at radius 2 is 2.00 bits per heavy atom. The van der Waals surface area contributed by atoms with Gasteiger partial charge in [0, 0.05) is 18.8 Å². The van der Waals surface area contributed by atoms with E-state index in [1.165, 1.54) is 0 Å². The van der Waals surface area contributed by atoms with E-state index in [2.05, 4.69) is 5.10 Å². The van der Waals surface area contributed by atoms with Crippen LogP contribution in [0, 0.1) is 6.92 Å². The van der Waals surface area contributed by atoms with Crippen molar-refractivity contribution in [3.8, 4) is 0 Å². The van der Waals surface area contributed by atoms with Gasteiger partial charge in [0.25, 0.3) is 0 Å². The van der Waals surface area contributed by atoms with Gasteiger partial charge in [-0.25, -0.2) is 4.79 Å². The van der Waals surface area contributed by atoms with Gasteiger partial charge in [-0.05, 0) is 6.92 Å². The van der Waals surface area contributed by atoms with E-state index >= 15 is 0 Å². The molecule has 3 N–H and O–H groups in total. The first kappa shape index (κ1) is 13.3. The van der Waals surface area contributed by atoms with Crippen LogP contribution in [-0.4, -0.2) is 27.0 Å². The predicted molar refractivity (Wildman–Crippen MR) is 46.0 cm³/mol. The fourth-order valence-electron chi connectivity index (χ4n) is 0.588. The van der Waals surface area contributed by atoms with Crippen LogP contribution in [0.5, 0.6) is 0 Å². The molecule has 0 aliphatic rings. The Labute approximate surface area is 83.3 Å². The average Bonchev–Trinajstić information content (AvgIpc) is 2.28. The molecule has 0 saturated carbocycles. The van der Waals surface area contributed by atoms with Gasteiger partial charge in [0.2, 0.25) is 0 Å². The summed E-state index contributed by atoms with van der Waals surface area (Å²) in [7, 11) is 1.87. The molecular weight excluding hydrogens is 215 g/mol. The van der Waals surface area contributed by atoms with Crippen molar-refractivity contribution in [3.63, 3.8) is 0 Å². The minimum atomic E-state index is -5.08. The van der Waals surface area contributed by atoms with Crippen molar-refractivity contribution >= 4 is 11.8 Å². The summed E-state index contributed by atoms with van der Waals surface area (Å²) >= 11 is 0. The quantitative estimate of drug-likeness (QED) is 0.688. The van der Waals surface area contributed by atoms with E-state index in [1.54, 1.807) is 4.68 Å². The Balaban J connectivity index is 0.000000265. The highest BCUT2D eigenvalue weighted by molar-refractivity contribution is 5.73. The molecule has 0 amide bonds. The number of alkyl halides is 3. The van der Waals surface area contributed by atoms with Crippen LogP contribution in [-0.2, 0) is 11.8 Å². The molecule has 0 bridgehead atoms. The average molecular weight is 225 g/mol. The number of carbonyl (C=O) groups is 1. The van der Waals surface area contributed by atoms with Crippen LogP contribution in [0.25, 0.3) is 0 Å². The number of carboxylic acids is 1. The highest BCUT2D eigenvalue weighted by Gasteiger charge is 2.38. The van der Waals surface area contributed by atoms with E-state index in [1.807, 2.05) is 20.0 Å². The van der Waals surface area contributed by atoms with E-state index in [0.29, 0.717) is 5.82 Å². The number of halogens is 3. The number of carboxylic acid groups (broad SMARTS) is 1. The van der Waals surface area contributed by atoms with Gasteiger partial charge in [-0.2, -0.15) is 18.3 Å². The standard InChI is InChI=1S/C5H9N3.C2HF3O2/c1-4-3-5(6)7-8(4)2;3-2(4,5)1(6)7/h3H,1-2H3,(H2,6,7);(H,6,7). The number of anilines is 1. The molecule has 0 radical (unpaired) electrons. The summed E-state index contributed by atoms with van der Waals surface area (Å²) in [6.07, 6.45) is -5.08. The predicted octanol–water partition coefficient (Wildman–Crippen LogP) is 0.944. The maximum Gasteiger partial charge on any atom is 0.490 e. The van der Waals surface area contributed by atoms with E-state index in [4.69, 9.17) is 15.6 Å². The van der Waals surface area contributed by atoms with E-state index in [0.717, 1.165) is 5.69 Å². The largest absolute Gasteiger partial charge is 0.490 e. The summed E-state index contributed by atoms with van der Waals surface area (Å²) in [6, 6.07) is 1.83. The summed E-state index contributed by atoms with van der Waals surface area (Å²) in [5.74, 6) is -2.17. The molecule has 1 aromatic rings. The second-order valence-corrected chi connectivity index (χ2v) is 2.64. The molecule has 15 heavy (non-hydrogen) atoms. The Bertz CT molecular complexity index is 326. The molecule has 1 heterocycles. The zero-order chi connectivity index (χ0) is 12.2. The van der Waals surface area contributed by atoms with Crippen LogP contribution < -0.4 is 5.73 Å². The monoisotopic (exact) mass is 225 g/mol. The summed E-state index contributed by atoms with van der Waals surface area (Å²) in [5, 5.41) is 11.0. The van der Waals surface area contributed by atoms with Crippen LogP contribution in [0.15, 0.2) is 6.07 Å². The Morgan fingerprint density at radius 1 is 1.60 bits per heavy atom. The third kappa shape index (κ3) is 4.89. The van der Waals surface area contributed by atoms with Gasteiger partial charge in [-0.1, -0.05) is 0 Å². The summed E-state index contributed by atoms with van der Waals surface area (Å²) in [5.41, 5.74) is 6.43. The van der Waals surface area contributed by atoms with E-state index < -0.39 is 12.1 Å². The molecule has 86 valence electrons. The maximum atomic E-state index is 10.6. The Morgan fingerprint density at radius 3 is 2.07 bits per heavy atom. The molecule has 8 heteroatoms. The van der Waals surface area contributed by atoms with Crippen molar-refractivity contribution in [2.24, 2.45) is 7.05 Å². The topological polar surface area (TPSA) is 81.1 Å². The third-order valence-electron chi connectivity index (χ3n) is 1.38. The first-order valence-electron chi connectivity index (χ1n) is 3.71. The smallest absolute Gasteiger partial charge is 0.475 e. The SMILES string of the molecule is Cc1cc(N)nn1C.O=C(O)C(F)(F)F. The van der Waals surface area contributed by atoms with Crippen molar-refractivity contribution in [3.05, 3.63) is 11.8 Å². The lowest BCUT2D eigenvalue weighted by atomic mass is 10.5. The summed E-state index contributed by atoms with van der Waals surface area (Å²) in [6.45, 7) is 1.96.